The first kappa shape index (κ1) is 26.6. The van der Waals surface area contributed by atoms with Crippen molar-refractivity contribution in [3.63, 3.8) is 0 Å². The molecule has 0 N–H and O–H groups in total. The summed E-state index contributed by atoms with van der Waals surface area (Å²) in [5.74, 6) is 2.42. The van der Waals surface area contributed by atoms with E-state index in [9.17, 15) is 0 Å². The van der Waals surface area contributed by atoms with Crippen molar-refractivity contribution in [1.29, 1.82) is 0 Å². The zero-order valence-corrected chi connectivity index (χ0v) is 20.1. The van der Waals surface area contributed by atoms with Gasteiger partial charge in [-0.3, -0.25) is 0 Å². The van der Waals surface area contributed by atoms with Crippen molar-refractivity contribution in [2.75, 3.05) is 59.5 Å². The first-order valence-corrected chi connectivity index (χ1v) is 11.9. The lowest BCUT2D eigenvalue weighted by atomic mass is 9.80. The van der Waals surface area contributed by atoms with E-state index in [1.807, 2.05) is 54.6 Å². The van der Waals surface area contributed by atoms with Crippen molar-refractivity contribution in [3.05, 3.63) is 108 Å². The second-order valence-electron chi connectivity index (χ2n) is 7.72. The van der Waals surface area contributed by atoms with Gasteiger partial charge in [0.1, 0.15) is 12.2 Å². The van der Waals surface area contributed by atoms with Crippen molar-refractivity contribution in [1.82, 2.24) is 0 Å². The Hall–Kier alpha value is -2.98. The van der Waals surface area contributed by atoms with Gasteiger partial charge in [-0.2, -0.15) is 0 Å². The van der Waals surface area contributed by atoms with E-state index in [4.69, 9.17) is 30.1 Å². The third-order valence-electron chi connectivity index (χ3n) is 5.39. The fraction of sp³-hybridized carbons (Fsp3) is 0.333. The molecule has 3 aromatic rings. The van der Waals surface area contributed by atoms with Crippen molar-refractivity contribution < 1.29 is 23.7 Å². The van der Waals surface area contributed by atoms with Crippen molar-refractivity contribution in [3.8, 4) is 12.3 Å². The summed E-state index contributed by atoms with van der Waals surface area (Å²) < 4.78 is 28.6. The molecule has 0 saturated carbocycles. The molecular weight excluding hydrogens is 440 g/mol. The molecular formula is C30H34O5. The van der Waals surface area contributed by atoms with Crippen LogP contribution in [0.1, 0.15) is 16.7 Å². The molecule has 5 heteroatoms. The average molecular weight is 475 g/mol. The van der Waals surface area contributed by atoms with E-state index in [2.05, 4.69) is 42.3 Å². The first-order chi connectivity index (χ1) is 17.4. The summed E-state index contributed by atoms with van der Waals surface area (Å²) in [4.78, 5) is 0. The second-order valence-corrected chi connectivity index (χ2v) is 7.72. The van der Waals surface area contributed by atoms with E-state index in [1.165, 1.54) is 0 Å². The first-order valence-electron chi connectivity index (χ1n) is 11.9. The third-order valence-corrected chi connectivity index (χ3v) is 5.39. The van der Waals surface area contributed by atoms with Gasteiger partial charge >= 0.3 is 0 Å². The van der Waals surface area contributed by atoms with Gasteiger partial charge < -0.3 is 23.7 Å². The van der Waals surface area contributed by atoms with Crippen LogP contribution in [-0.2, 0) is 29.3 Å². The molecule has 0 aliphatic carbocycles. The van der Waals surface area contributed by atoms with E-state index in [1.54, 1.807) is 0 Å². The summed E-state index contributed by atoms with van der Waals surface area (Å²) in [5.41, 5.74) is 2.49. The lowest BCUT2D eigenvalue weighted by molar-refractivity contribution is -0.0381. The van der Waals surface area contributed by atoms with Crippen LogP contribution in [0.15, 0.2) is 91.0 Å². The molecule has 0 atom stereocenters. The Morgan fingerprint density at radius 3 is 1.20 bits per heavy atom. The van der Waals surface area contributed by atoms with Crippen molar-refractivity contribution >= 4 is 0 Å². The van der Waals surface area contributed by atoms with Crippen molar-refractivity contribution in [2.45, 2.75) is 5.60 Å². The molecule has 0 aliphatic rings. The molecule has 0 fully saturated rings. The number of hydrogen-bond acceptors (Lipinski definition) is 5. The van der Waals surface area contributed by atoms with Gasteiger partial charge in [-0.25, -0.2) is 0 Å². The summed E-state index contributed by atoms with van der Waals surface area (Å²) in [7, 11) is 0. The Labute approximate surface area is 208 Å². The summed E-state index contributed by atoms with van der Waals surface area (Å²) in [6.45, 7) is 4.20. The van der Waals surface area contributed by atoms with E-state index >= 15 is 0 Å². The second kappa shape index (κ2) is 15.8. The smallest absolute Gasteiger partial charge is 0.143 e. The highest BCUT2D eigenvalue weighted by Gasteiger charge is 2.37. The zero-order valence-electron chi connectivity index (χ0n) is 20.1. The zero-order chi connectivity index (χ0) is 24.4. The molecule has 0 unspecified atom stereocenters. The molecule has 0 amide bonds. The van der Waals surface area contributed by atoms with Gasteiger partial charge in [-0.1, -0.05) is 96.9 Å². The van der Waals surface area contributed by atoms with Gasteiger partial charge in [0.15, 0.2) is 0 Å². The number of hydrogen-bond donors (Lipinski definition) is 0. The highest BCUT2D eigenvalue weighted by molar-refractivity contribution is 5.47. The van der Waals surface area contributed by atoms with Crippen LogP contribution in [0.5, 0.6) is 0 Å². The minimum atomic E-state index is -0.731. The Morgan fingerprint density at radius 2 is 0.829 bits per heavy atom. The lowest BCUT2D eigenvalue weighted by Gasteiger charge is -2.36. The molecule has 35 heavy (non-hydrogen) atoms. The molecule has 0 aliphatic heterocycles. The van der Waals surface area contributed by atoms with Gasteiger partial charge in [0.05, 0.1) is 52.9 Å². The van der Waals surface area contributed by atoms with E-state index < -0.39 is 5.60 Å². The molecule has 0 radical (unpaired) electrons. The third kappa shape index (κ3) is 8.32. The molecule has 3 rings (SSSR count). The minimum Gasteiger partial charge on any atom is -0.377 e. The van der Waals surface area contributed by atoms with Crippen molar-refractivity contribution in [2.24, 2.45) is 0 Å². The van der Waals surface area contributed by atoms with Crippen LogP contribution in [0.4, 0.5) is 0 Å². The highest BCUT2D eigenvalue weighted by atomic mass is 16.6. The predicted octanol–water partition coefficient (Wildman–Crippen LogP) is 4.69. The van der Waals surface area contributed by atoms with Gasteiger partial charge in [0.2, 0.25) is 0 Å². The Morgan fingerprint density at radius 1 is 0.486 bits per heavy atom. The van der Waals surface area contributed by atoms with Crippen LogP contribution in [0.3, 0.4) is 0 Å². The normalized spacial score (nSPS) is 11.3. The summed E-state index contributed by atoms with van der Waals surface area (Å²) in [6, 6.07) is 31.0. The number of benzene rings is 3. The molecule has 0 aromatic heterocycles. The SMILES string of the molecule is C#CCOCCOCCOCCOCCOC(c1ccccc1)(c1ccccc1)c1ccccc1. The molecule has 3 aromatic carbocycles. The van der Waals surface area contributed by atoms with Gasteiger partial charge in [0.25, 0.3) is 0 Å². The maximum atomic E-state index is 6.68. The van der Waals surface area contributed by atoms with E-state index in [-0.39, 0.29) is 0 Å². The largest absolute Gasteiger partial charge is 0.377 e. The molecule has 0 bridgehead atoms. The highest BCUT2D eigenvalue weighted by Crippen LogP contribution is 2.40. The topological polar surface area (TPSA) is 46.2 Å². The minimum absolute atomic E-state index is 0.310. The lowest BCUT2D eigenvalue weighted by Crippen LogP contribution is -2.34. The van der Waals surface area contributed by atoms with Crippen LogP contribution in [0.2, 0.25) is 0 Å². The molecule has 184 valence electrons. The van der Waals surface area contributed by atoms with Gasteiger partial charge in [-0.15, -0.1) is 6.42 Å². The number of terminal acetylenes is 1. The van der Waals surface area contributed by atoms with Crippen LogP contribution in [0.25, 0.3) is 0 Å². The maximum absolute atomic E-state index is 6.68. The summed E-state index contributed by atoms with van der Waals surface area (Å²) in [6.07, 6.45) is 5.11. The van der Waals surface area contributed by atoms with E-state index in [0.29, 0.717) is 59.5 Å². The van der Waals surface area contributed by atoms with Crippen LogP contribution in [0, 0.1) is 12.3 Å². The Kier molecular flexibility index (Phi) is 12.0. The fourth-order valence-corrected chi connectivity index (χ4v) is 3.81. The molecule has 0 heterocycles. The molecule has 0 spiro atoms. The van der Waals surface area contributed by atoms with Crippen LogP contribution < -0.4 is 0 Å². The molecule has 5 nitrogen and oxygen atoms in total. The molecule has 0 saturated heterocycles. The standard InChI is InChI=1S/C30H34O5/c1-2-18-31-19-20-32-21-22-33-23-24-34-25-26-35-30(27-12-6-3-7-13-27,28-14-8-4-9-15-28)29-16-10-5-11-17-29/h1,3-17H,18-26H2. The number of rotatable bonds is 17. The average Bonchev–Trinajstić information content (AvgIpc) is 2.93. The van der Waals surface area contributed by atoms with E-state index in [0.717, 1.165) is 16.7 Å². The number of ether oxygens (including phenoxy) is 5. The fourth-order valence-electron chi connectivity index (χ4n) is 3.81. The quantitative estimate of drug-likeness (QED) is 0.161. The monoisotopic (exact) mass is 474 g/mol. The summed E-state index contributed by atoms with van der Waals surface area (Å²) >= 11 is 0. The summed E-state index contributed by atoms with van der Waals surface area (Å²) in [5, 5.41) is 0. The maximum Gasteiger partial charge on any atom is 0.143 e. The van der Waals surface area contributed by atoms with Gasteiger partial charge in [0, 0.05) is 0 Å². The Bertz CT molecular complexity index is 873. The van der Waals surface area contributed by atoms with Gasteiger partial charge in [-0.05, 0) is 16.7 Å². The Balaban J connectivity index is 1.50. The van der Waals surface area contributed by atoms with Crippen LogP contribution >= 0.6 is 0 Å². The van der Waals surface area contributed by atoms with Crippen LogP contribution in [-0.4, -0.2) is 59.5 Å². The predicted molar refractivity (Wildman–Crippen MR) is 137 cm³/mol.